The Labute approximate surface area is 163 Å². The SMILES string of the molecule is NC1NCN=C2NNC(c3ccc(Oc4ccccc4)cc3)(n3cccc3)C21. The molecule has 1 saturated heterocycles. The van der Waals surface area contributed by atoms with Crippen LogP contribution in [0.2, 0.25) is 0 Å². The fourth-order valence-electron chi connectivity index (χ4n) is 4.03. The van der Waals surface area contributed by atoms with Gasteiger partial charge in [0.1, 0.15) is 23.0 Å². The molecule has 3 atom stereocenters. The first-order chi connectivity index (χ1) is 13.8. The monoisotopic (exact) mass is 374 g/mol. The van der Waals surface area contributed by atoms with E-state index in [1.54, 1.807) is 0 Å². The minimum Gasteiger partial charge on any atom is -0.457 e. The molecule has 5 rings (SSSR count). The molecule has 28 heavy (non-hydrogen) atoms. The lowest BCUT2D eigenvalue weighted by Crippen LogP contribution is -2.59. The summed E-state index contributed by atoms with van der Waals surface area (Å²) in [5, 5.41) is 3.26. The van der Waals surface area contributed by atoms with Crippen LogP contribution in [0.3, 0.4) is 0 Å². The highest BCUT2D eigenvalue weighted by atomic mass is 16.5. The number of nitrogens with two attached hydrogens (primary N) is 1. The third-order valence-electron chi connectivity index (χ3n) is 5.35. The van der Waals surface area contributed by atoms with Crippen LogP contribution >= 0.6 is 0 Å². The topological polar surface area (TPSA) is 88.6 Å². The van der Waals surface area contributed by atoms with Crippen LogP contribution in [0.4, 0.5) is 0 Å². The highest BCUT2D eigenvalue weighted by molar-refractivity contribution is 5.89. The molecular weight excluding hydrogens is 352 g/mol. The zero-order valence-electron chi connectivity index (χ0n) is 15.2. The summed E-state index contributed by atoms with van der Waals surface area (Å²) in [5.41, 5.74) is 13.6. The van der Waals surface area contributed by atoms with Gasteiger partial charge in [0.15, 0.2) is 0 Å². The van der Waals surface area contributed by atoms with E-state index in [0.717, 1.165) is 22.9 Å². The van der Waals surface area contributed by atoms with Gasteiger partial charge in [-0.2, -0.15) is 0 Å². The van der Waals surface area contributed by atoms with Gasteiger partial charge in [-0.3, -0.25) is 10.3 Å². The molecule has 0 saturated carbocycles. The number of hydrogen-bond donors (Lipinski definition) is 4. The number of benzene rings is 2. The van der Waals surface area contributed by atoms with Gasteiger partial charge in [0, 0.05) is 12.4 Å². The maximum absolute atomic E-state index is 6.46. The molecule has 0 radical (unpaired) electrons. The fraction of sp³-hybridized carbons (Fsp3) is 0.190. The Balaban J connectivity index is 1.54. The first-order valence-electron chi connectivity index (χ1n) is 9.31. The van der Waals surface area contributed by atoms with Crippen molar-refractivity contribution in [1.82, 2.24) is 20.7 Å². The minimum atomic E-state index is -0.597. The van der Waals surface area contributed by atoms with Gasteiger partial charge in [0.05, 0.1) is 18.8 Å². The molecule has 0 bridgehead atoms. The zero-order chi connectivity index (χ0) is 19.0. The van der Waals surface area contributed by atoms with Crippen LogP contribution in [0.25, 0.3) is 0 Å². The van der Waals surface area contributed by atoms with Crippen molar-refractivity contribution >= 4 is 5.84 Å². The van der Waals surface area contributed by atoms with Gasteiger partial charge in [0.2, 0.25) is 0 Å². The molecule has 1 fully saturated rings. The molecule has 2 aliphatic rings. The van der Waals surface area contributed by atoms with E-state index in [2.05, 4.69) is 37.9 Å². The number of hydrogen-bond acceptors (Lipinski definition) is 6. The molecule has 7 nitrogen and oxygen atoms in total. The summed E-state index contributed by atoms with van der Waals surface area (Å²) < 4.78 is 8.08. The van der Waals surface area contributed by atoms with Gasteiger partial charge in [-0.1, -0.05) is 30.3 Å². The van der Waals surface area contributed by atoms with Gasteiger partial charge in [-0.15, -0.1) is 0 Å². The molecule has 0 spiro atoms. The van der Waals surface area contributed by atoms with Gasteiger partial charge in [-0.05, 0) is 42.0 Å². The van der Waals surface area contributed by atoms with Gasteiger partial charge in [-0.25, -0.2) is 5.43 Å². The van der Waals surface area contributed by atoms with Crippen molar-refractivity contribution in [2.24, 2.45) is 16.6 Å². The van der Waals surface area contributed by atoms with E-state index >= 15 is 0 Å². The van der Waals surface area contributed by atoms with Crippen molar-refractivity contribution in [2.75, 3.05) is 6.67 Å². The Morgan fingerprint density at radius 1 is 0.964 bits per heavy atom. The molecule has 3 heterocycles. The maximum Gasteiger partial charge on any atom is 0.150 e. The Morgan fingerprint density at radius 2 is 1.68 bits per heavy atom. The number of fused-ring (bicyclic) bond motifs is 1. The summed E-state index contributed by atoms with van der Waals surface area (Å²) in [6, 6.07) is 21.9. The van der Waals surface area contributed by atoms with Crippen LogP contribution in [0.1, 0.15) is 5.56 Å². The molecule has 7 heteroatoms. The normalized spacial score (nSPS) is 26.2. The molecule has 1 aromatic heterocycles. The highest BCUT2D eigenvalue weighted by Gasteiger charge is 2.53. The van der Waals surface area contributed by atoms with E-state index in [-0.39, 0.29) is 12.1 Å². The number of ether oxygens (including phenoxy) is 1. The first-order valence-corrected chi connectivity index (χ1v) is 9.31. The number of nitrogens with one attached hydrogen (secondary N) is 3. The van der Waals surface area contributed by atoms with Gasteiger partial charge in [0.25, 0.3) is 0 Å². The lowest BCUT2D eigenvalue weighted by atomic mass is 9.83. The molecule has 2 aromatic carbocycles. The van der Waals surface area contributed by atoms with E-state index in [1.807, 2.05) is 67.0 Å². The molecular formula is C21H22N6O. The van der Waals surface area contributed by atoms with Crippen molar-refractivity contribution in [3.05, 3.63) is 84.7 Å². The zero-order valence-corrected chi connectivity index (χ0v) is 15.2. The van der Waals surface area contributed by atoms with Crippen molar-refractivity contribution in [3.8, 4) is 11.5 Å². The van der Waals surface area contributed by atoms with Crippen LogP contribution < -0.4 is 26.6 Å². The summed E-state index contributed by atoms with van der Waals surface area (Å²) in [7, 11) is 0. The van der Waals surface area contributed by atoms with Crippen molar-refractivity contribution in [1.29, 1.82) is 0 Å². The van der Waals surface area contributed by atoms with Gasteiger partial charge >= 0.3 is 0 Å². The van der Waals surface area contributed by atoms with E-state index in [1.165, 1.54) is 0 Å². The number of hydrazine groups is 1. The second-order valence-electron chi connectivity index (χ2n) is 6.96. The largest absolute Gasteiger partial charge is 0.457 e. The van der Waals surface area contributed by atoms with Crippen LogP contribution in [0, 0.1) is 5.92 Å². The molecule has 5 N–H and O–H groups in total. The van der Waals surface area contributed by atoms with Crippen LogP contribution in [-0.2, 0) is 5.66 Å². The Bertz CT molecular complexity index is 970. The Kier molecular flexibility index (Phi) is 4.12. The van der Waals surface area contributed by atoms with Crippen molar-refractivity contribution in [2.45, 2.75) is 11.8 Å². The third-order valence-corrected chi connectivity index (χ3v) is 5.35. The lowest BCUT2D eigenvalue weighted by Gasteiger charge is -2.39. The molecule has 2 aliphatic heterocycles. The minimum absolute atomic E-state index is 0.0884. The number of rotatable bonds is 4. The Hall–Kier alpha value is -3.13. The first kappa shape index (κ1) is 17.0. The number of aromatic nitrogens is 1. The summed E-state index contributed by atoms with van der Waals surface area (Å²) in [6.07, 6.45) is 3.83. The quantitative estimate of drug-likeness (QED) is 0.561. The summed E-state index contributed by atoms with van der Waals surface area (Å²) in [5.74, 6) is 2.37. The number of nitrogens with zero attached hydrogens (tertiary/aromatic N) is 2. The summed E-state index contributed by atoms with van der Waals surface area (Å²) in [6.45, 7) is 0.507. The number of aliphatic imine (C=N–C) groups is 1. The maximum atomic E-state index is 6.46. The molecule has 0 amide bonds. The van der Waals surface area contributed by atoms with E-state index < -0.39 is 5.66 Å². The van der Waals surface area contributed by atoms with Crippen LogP contribution in [-0.4, -0.2) is 23.2 Å². The van der Waals surface area contributed by atoms with E-state index in [9.17, 15) is 0 Å². The smallest absolute Gasteiger partial charge is 0.150 e. The predicted molar refractivity (Wildman–Crippen MR) is 108 cm³/mol. The molecule has 3 aromatic rings. The second kappa shape index (κ2) is 6.79. The van der Waals surface area contributed by atoms with Crippen molar-refractivity contribution in [3.63, 3.8) is 0 Å². The lowest BCUT2D eigenvalue weighted by molar-refractivity contribution is 0.199. The van der Waals surface area contributed by atoms with Gasteiger partial charge < -0.3 is 20.5 Å². The third kappa shape index (κ3) is 2.68. The molecule has 142 valence electrons. The number of para-hydroxylation sites is 1. The Morgan fingerprint density at radius 3 is 2.43 bits per heavy atom. The average molecular weight is 374 g/mol. The van der Waals surface area contributed by atoms with Crippen LogP contribution in [0.15, 0.2) is 84.1 Å². The predicted octanol–water partition coefficient (Wildman–Crippen LogP) is 1.95. The summed E-state index contributed by atoms with van der Waals surface area (Å²) in [4.78, 5) is 4.56. The summed E-state index contributed by atoms with van der Waals surface area (Å²) >= 11 is 0. The van der Waals surface area contributed by atoms with E-state index in [0.29, 0.717) is 6.67 Å². The van der Waals surface area contributed by atoms with E-state index in [4.69, 9.17) is 10.5 Å². The number of amidine groups is 1. The molecule has 0 aliphatic carbocycles. The standard InChI is InChI=1S/C21H22N6O/c22-19-18-20(24-14-23-19)25-26-21(18,27-12-4-5-13-27)15-8-10-17(11-9-15)28-16-6-2-1-3-7-16/h1-13,18-19,23,26H,14,22H2,(H,24,25). The van der Waals surface area contributed by atoms with Crippen LogP contribution in [0.5, 0.6) is 11.5 Å². The second-order valence-corrected chi connectivity index (χ2v) is 6.96. The molecule has 3 unspecified atom stereocenters. The average Bonchev–Trinajstić information content (AvgIpc) is 3.39. The highest BCUT2D eigenvalue weighted by Crippen LogP contribution is 2.38. The van der Waals surface area contributed by atoms with Crippen molar-refractivity contribution < 1.29 is 4.74 Å². The fourth-order valence-corrected chi connectivity index (χ4v) is 4.03.